The first-order valence-electron chi connectivity index (χ1n) is 5.04. The van der Waals surface area contributed by atoms with Crippen LogP contribution in [0.5, 0.6) is 0 Å². The summed E-state index contributed by atoms with van der Waals surface area (Å²) in [4.78, 5) is 21.6. The summed E-state index contributed by atoms with van der Waals surface area (Å²) in [6.07, 6.45) is -0.952. The third kappa shape index (κ3) is 4.98. The first-order chi connectivity index (χ1) is 8.09. The quantitative estimate of drug-likeness (QED) is 0.453. The average Bonchev–Trinajstić information content (AvgIpc) is 2.34. The van der Waals surface area contributed by atoms with Crippen molar-refractivity contribution in [1.82, 2.24) is 5.01 Å². The Balaban J connectivity index is 2.32. The maximum absolute atomic E-state index is 11.3. The second-order valence-corrected chi connectivity index (χ2v) is 3.38. The van der Waals surface area contributed by atoms with E-state index in [-0.39, 0.29) is 19.6 Å². The molecule has 0 saturated heterocycles. The number of carbonyl (C=O) groups excluding carboxylic acids is 1. The summed E-state index contributed by atoms with van der Waals surface area (Å²) in [5.74, 6) is 4.31. The SMILES string of the molecule is NN(CCC(=O)O)C(=O)OCc1ccccc1. The highest BCUT2D eigenvalue weighted by Gasteiger charge is 2.12. The van der Waals surface area contributed by atoms with Crippen molar-refractivity contribution < 1.29 is 19.4 Å². The number of nitrogens with two attached hydrogens (primary N) is 1. The molecule has 0 aliphatic rings. The molecule has 0 bridgehead atoms. The fourth-order valence-electron chi connectivity index (χ4n) is 1.11. The number of hydrazine groups is 1. The number of carboxylic acid groups (broad SMARTS) is 1. The zero-order valence-electron chi connectivity index (χ0n) is 9.20. The van der Waals surface area contributed by atoms with Gasteiger partial charge in [0, 0.05) is 0 Å². The molecule has 0 atom stereocenters. The lowest BCUT2D eigenvalue weighted by molar-refractivity contribution is -0.137. The Morgan fingerprint density at radius 1 is 1.29 bits per heavy atom. The van der Waals surface area contributed by atoms with Gasteiger partial charge in [0.15, 0.2) is 0 Å². The molecule has 0 saturated carbocycles. The van der Waals surface area contributed by atoms with Crippen LogP contribution in [-0.4, -0.2) is 28.7 Å². The van der Waals surface area contributed by atoms with Crippen LogP contribution in [0.4, 0.5) is 4.79 Å². The molecule has 0 fully saturated rings. The number of amides is 1. The number of benzene rings is 1. The first kappa shape index (κ1) is 13.0. The Labute approximate surface area is 98.6 Å². The standard InChI is InChI=1S/C11H14N2O4/c12-13(7-6-10(14)15)11(16)17-8-9-4-2-1-3-5-9/h1-5H,6-8,12H2,(H,14,15). The molecule has 1 aromatic rings. The normalized spacial score (nSPS) is 9.71. The Morgan fingerprint density at radius 3 is 2.53 bits per heavy atom. The molecule has 0 aliphatic carbocycles. The molecule has 1 rings (SSSR count). The van der Waals surface area contributed by atoms with Crippen molar-refractivity contribution in [2.75, 3.05) is 6.54 Å². The summed E-state index contributed by atoms with van der Waals surface area (Å²) < 4.78 is 4.89. The number of hydrogen-bond acceptors (Lipinski definition) is 4. The lowest BCUT2D eigenvalue weighted by Crippen LogP contribution is -2.39. The fourth-order valence-corrected chi connectivity index (χ4v) is 1.11. The maximum Gasteiger partial charge on any atom is 0.424 e. The molecule has 0 radical (unpaired) electrons. The molecule has 6 heteroatoms. The van der Waals surface area contributed by atoms with E-state index in [9.17, 15) is 9.59 Å². The third-order valence-corrected chi connectivity index (χ3v) is 2.01. The van der Waals surface area contributed by atoms with Crippen molar-refractivity contribution in [3.63, 3.8) is 0 Å². The largest absolute Gasteiger partial charge is 0.481 e. The Bertz CT molecular complexity index is 380. The van der Waals surface area contributed by atoms with Crippen molar-refractivity contribution >= 4 is 12.1 Å². The van der Waals surface area contributed by atoms with E-state index in [1.807, 2.05) is 30.3 Å². The van der Waals surface area contributed by atoms with Gasteiger partial charge in [-0.15, -0.1) is 0 Å². The zero-order chi connectivity index (χ0) is 12.7. The fraction of sp³-hybridized carbons (Fsp3) is 0.273. The molecule has 6 nitrogen and oxygen atoms in total. The molecule has 1 amide bonds. The van der Waals surface area contributed by atoms with Crippen molar-refractivity contribution in [2.45, 2.75) is 13.0 Å². The summed E-state index contributed by atoms with van der Waals surface area (Å²) in [6.45, 7) is 0.0312. The van der Waals surface area contributed by atoms with Crippen LogP contribution in [0.1, 0.15) is 12.0 Å². The van der Waals surface area contributed by atoms with E-state index in [1.165, 1.54) is 0 Å². The van der Waals surface area contributed by atoms with E-state index >= 15 is 0 Å². The van der Waals surface area contributed by atoms with Gasteiger partial charge in [-0.25, -0.2) is 15.6 Å². The topological polar surface area (TPSA) is 92.9 Å². The number of ether oxygens (including phenoxy) is 1. The molecule has 0 unspecified atom stereocenters. The smallest absolute Gasteiger partial charge is 0.424 e. The summed E-state index contributed by atoms with van der Waals surface area (Å²) >= 11 is 0. The second-order valence-electron chi connectivity index (χ2n) is 3.38. The van der Waals surface area contributed by atoms with E-state index in [2.05, 4.69) is 0 Å². The molecule has 3 N–H and O–H groups in total. The van der Waals surface area contributed by atoms with Crippen LogP contribution in [0.3, 0.4) is 0 Å². The summed E-state index contributed by atoms with van der Waals surface area (Å²) in [6, 6.07) is 9.13. The number of aliphatic carboxylic acids is 1. The van der Waals surface area contributed by atoms with Crippen LogP contribution in [-0.2, 0) is 16.1 Å². The van der Waals surface area contributed by atoms with Gasteiger partial charge in [0.1, 0.15) is 6.61 Å². The van der Waals surface area contributed by atoms with Crippen molar-refractivity contribution in [2.24, 2.45) is 5.84 Å². The Kier molecular flexibility index (Phi) is 4.96. The van der Waals surface area contributed by atoms with E-state index in [0.717, 1.165) is 10.6 Å². The van der Waals surface area contributed by atoms with Crippen LogP contribution < -0.4 is 5.84 Å². The molecule has 0 aromatic heterocycles. The monoisotopic (exact) mass is 238 g/mol. The number of rotatable bonds is 5. The molecule has 0 heterocycles. The van der Waals surface area contributed by atoms with Gasteiger partial charge >= 0.3 is 12.1 Å². The Morgan fingerprint density at radius 2 is 1.94 bits per heavy atom. The summed E-state index contributed by atoms with van der Waals surface area (Å²) in [5.41, 5.74) is 0.840. The van der Waals surface area contributed by atoms with E-state index in [0.29, 0.717) is 0 Å². The molecule has 92 valence electrons. The van der Waals surface area contributed by atoms with E-state index < -0.39 is 12.1 Å². The molecule has 17 heavy (non-hydrogen) atoms. The van der Waals surface area contributed by atoms with Gasteiger partial charge in [0.25, 0.3) is 0 Å². The van der Waals surface area contributed by atoms with Gasteiger partial charge in [-0.2, -0.15) is 0 Å². The third-order valence-electron chi connectivity index (χ3n) is 2.01. The molecular formula is C11H14N2O4. The highest BCUT2D eigenvalue weighted by molar-refractivity contribution is 5.70. The van der Waals surface area contributed by atoms with Crippen molar-refractivity contribution in [3.8, 4) is 0 Å². The number of carbonyl (C=O) groups is 2. The van der Waals surface area contributed by atoms with Gasteiger partial charge in [0.2, 0.25) is 0 Å². The second kappa shape index (κ2) is 6.49. The van der Waals surface area contributed by atoms with Crippen molar-refractivity contribution in [3.05, 3.63) is 35.9 Å². The van der Waals surface area contributed by atoms with Gasteiger partial charge in [0.05, 0.1) is 13.0 Å². The molecule has 0 spiro atoms. The van der Waals surface area contributed by atoms with Crippen LogP contribution >= 0.6 is 0 Å². The van der Waals surface area contributed by atoms with Gasteiger partial charge in [-0.1, -0.05) is 30.3 Å². The summed E-state index contributed by atoms with van der Waals surface area (Å²) in [7, 11) is 0. The van der Waals surface area contributed by atoms with Gasteiger partial charge in [-0.05, 0) is 5.56 Å². The minimum atomic E-state index is -1.02. The lowest BCUT2D eigenvalue weighted by Gasteiger charge is -2.15. The maximum atomic E-state index is 11.3. The predicted octanol–water partition coefficient (Wildman–Crippen LogP) is 0.974. The van der Waals surface area contributed by atoms with Crippen molar-refractivity contribution in [1.29, 1.82) is 0 Å². The molecule has 1 aromatic carbocycles. The van der Waals surface area contributed by atoms with Gasteiger partial charge < -0.3 is 9.84 Å². The number of hydrogen-bond donors (Lipinski definition) is 2. The zero-order valence-corrected chi connectivity index (χ0v) is 9.20. The first-order valence-corrected chi connectivity index (χ1v) is 5.04. The van der Waals surface area contributed by atoms with Crippen LogP contribution in [0.2, 0.25) is 0 Å². The predicted molar refractivity (Wildman–Crippen MR) is 59.8 cm³/mol. The number of nitrogens with zero attached hydrogens (tertiary/aromatic N) is 1. The van der Waals surface area contributed by atoms with Crippen LogP contribution in [0.25, 0.3) is 0 Å². The minimum Gasteiger partial charge on any atom is -0.481 e. The minimum absolute atomic E-state index is 0.0804. The average molecular weight is 238 g/mol. The summed E-state index contributed by atoms with van der Waals surface area (Å²) in [5, 5.41) is 9.16. The van der Waals surface area contributed by atoms with Gasteiger partial charge in [-0.3, -0.25) is 4.79 Å². The lowest BCUT2D eigenvalue weighted by atomic mass is 10.2. The molecular weight excluding hydrogens is 224 g/mol. The van der Waals surface area contributed by atoms with Crippen LogP contribution in [0.15, 0.2) is 30.3 Å². The highest BCUT2D eigenvalue weighted by Crippen LogP contribution is 2.01. The number of carboxylic acids is 1. The Hall–Kier alpha value is -2.08. The van der Waals surface area contributed by atoms with Crippen LogP contribution in [0, 0.1) is 0 Å². The molecule has 0 aliphatic heterocycles. The van der Waals surface area contributed by atoms with E-state index in [4.69, 9.17) is 15.7 Å². The highest BCUT2D eigenvalue weighted by atomic mass is 16.6. The van der Waals surface area contributed by atoms with E-state index in [1.54, 1.807) is 0 Å².